The van der Waals surface area contributed by atoms with Crippen molar-refractivity contribution in [2.75, 3.05) is 33.0 Å². The zero-order chi connectivity index (χ0) is 48.0. The van der Waals surface area contributed by atoms with Gasteiger partial charge in [-0.25, -0.2) is 4.57 Å². The molecular formula is C57H110NO7P. The highest BCUT2D eigenvalue weighted by Crippen LogP contribution is 2.43. The highest BCUT2D eigenvalue weighted by molar-refractivity contribution is 7.47. The summed E-state index contributed by atoms with van der Waals surface area (Å²) in [5, 5.41) is 0. The quantitative estimate of drug-likeness (QED) is 0.0268. The average molecular weight is 952 g/mol. The van der Waals surface area contributed by atoms with Crippen LogP contribution in [0.4, 0.5) is 0 Å². The second kappa shape index (κ2) is 54.7. The van der Waals surface area contributed by atoms with Crippen LogP contribution in [0.3, 0.4) is 0 Å². The van der Waals surface area contributed by atoms with Crippen molar-refractivity contribution in [1.82, 2.24) is 0 Å². The molecule has 0 amide bonds. The fraction of sp³-hybridized carbons (Fsp3) is 0.877. The van der Waals surface area contributed by atoms with Gasteiger partial charge in [0, 0.05) is 19.6 Å². The Balaban J connectivity index is 3.88. The number of rotatable bonds is 55. The Kier molecular flexibility index (Phi) is 53.6. The van der Waals surface area contributed by atoms with Gasteiger partial charge in [-0.15, -0.1) is 0 Å². The molecule has 66 heavy (non-hydrogen) atoms. The van der Waals surface area contributed by atoms with Crippen molar-refractivity contribution in [1.29, 1.82) is 0 Å². The van der Waals surface area contributed by atoms with Crippen LogP contribution in [0.15, 0.2) is 36.5 Å². The Morgan fingerprint density at radius 3 is 1.20 bits per heavy atom. The molecule has 0 saturated carbocycles. The molecule has 0 aromatic heterocycles. The van der Waals surface area contributed by atoms with Crippen LogP contribution in [0, 0.1) is 0 Å². The number of esters is 1. The first-order valence-corrected chi connectivity index (χ1v) is 30.0. The smallest absolute Gasteiger partial charge is 0.457 e. The van der Waals surface area contributed by atoms with E-state index in [4.69, 9.17) is 24.3 Å². The van der Waals surface area contributed by atoms with Gasteiger partial charge in [-0.1, -0.05) is 262 Å². The second-order valence-corrected chi connectivity index (χ2v) is 20.6. The van der Waals surface area contributed by atoms with Gasteiger partial charge in [-0.05, 0) is 51.4 Å². The van der Waals surface area contributed by atoms with E-state index in [1.807, 2.05) is 0 Å². The van der Waals surface area contributed by atoms with Gasteiger partial charge in [0.1, 0.15) is 6.10 Å². The molecule has 0 aliphatic rings. The third kappa shape index (κ3) is 53.7. The first-order valence-electron chi connectivity index (χ1n) is 28.5. The van der Waals surface area contributed by atoms with Crippen molar-refractivity contribution >= 4 is 13.8 Å². The summed E-state index contributed by atoms with van der Waals surface area (Å²) in [5.74, 6) is -0.328. The zero-order valence-electron chi connectivity index (χ0n) is 43.7. The molecule has 390 valence electrons. The molecule has 0 bridgehead atoms. The van der Waals surface area contributed by atoms with E-state index in [0.29, 0.717) is 13.0 Å². The summed E-state index contributed by atoms with van der Waals surface area (Å²) in [5.41, 5.74) is 5.40. The van der Waals surface area contributed by atoms with Crippen LogP contribution in [0.25, 0.3) is 0 Å². The maximum absolute atomic E-state index is 12.7. The Bertz CT molecular complexity index is 1110. The average Bonchev–Trinajstić information content (AvgIpc) is 3.31. The molecule has 0 spiro atoms. The van der Waals surface area contributed by atoms with Gasteiger partial charge >= 0.3 is 13.8 Å². The number of ether oxygens (including phenoxy) is 2. The Morgan fingerprint density at radius 2 is 0.803 bits per heavy atom. The number of nitrogens with two attached hydrogens (primary N) is 1. The third-order valence-electron chi connectivity index (χ3n) is 12.6. The highest BCUT2D eigenvalue weighted by Gasteiger charge is 2.25. The van der Waals surface area contributed by atoms with Crippen molar-refractivity contribution < 1.29 is 32.8 Å². The molecule has 0 aliphatic heterocycles. The monoisotopic (exact) mass is 952 g/mol. The minimum Gasteiger partial charge on any atom is -0.457 e. The standard InChI is InChI=1S/C57H110NO7P/c1-3-5-7-9-11-13-15-17-19-21-23-25-27-28-29-30-32-34-36-38-40-42-44-46-48-50-57(59)65-56(55-64-66(60,61)63-53-51-58)54-62-52-49-47-45-43-41-39-37-35-33-31-26-24-22-20-18-16-14-12-10-8-6-4-2/h16,18,22,24,31,33,56H,3-15,17,19-21,23,25-30,32,34-55,58H2,1-2H3,(H,60,61)/b18-16-,24-22-,33-31-. The SMILES string of the molecule is CCCCCCC/C=C\C/C=C\C/C=C\CCCCCCCCCOCC(COP(=O)(O)OCCN)OC(=O)CCCCCCCCCCCCCCCCCCCCCCCCCCC. The summed E-state index contributed by atoms with van der Waals surface area (Å²) in [6.07, 6.45) is 66.2. The van der Waals surface area contributed by atoms with Gasteiger partial charge in [0.15, 0.2) is 0 Å². The summed E-state index contributed by atoms with van der Waals surface area (Å²) in [4.78, 5) is 22.7. The predicted molar refractivity (Wildman–Crippen MR) is 284 cm³/mol. The van der Waals surface area contributed by atoms with Crippen LogP contribution in [0.1, 0.15) is 284 Å². The van der Waals surface area contributed by atoms with Gasteiger partial charge in [-0.3, -0.25) is 13.8 Å². The lowest BCUT2D eigenvalue weighted by molar-refractivity contribution is -0.154. The van der Waals surface area contributed by atoms with Crippen LogP contribution in [-0.2, 0) is 27.9 Å². The zero-order valence-corrected chi connectivity index (χ0v) is 44.6. The first kappa shape index (κ1) is 64.7. The van der Waals surface area contributed by atoms with Crippen molar-refractivity contribution in [2.45, 2.75) is 290 Å². The first-order chi connectivity index (χ1) is 32.4. The lowest BCUT2D eigenvalue weighted by atomic mass is 10.0. The highest BCUT2D eigenvalue weighted by atomic mass is 31.2. The second-order valence-electron chi connectivity index (χ2n) is 19.2. The number of hydrogen-bond donors (Lipinski definition) is 2. The molecule has 9 heteroatoms. The Labute approximate surface area is 409 Å². The van der Waals surface area contributed by atoms with Gasteiger partial charge in [0.25, 0.3) is 0 Å². The Hall–Kier alpha value is -1.28. The molecule has 2 unspecified atom stereocenters. The van der Waals surface area contributed by atoms with E-state index >= 15 is 0 Å². The molecule has 0 radical (unpaired) electrons. The third-order valence-corrected chi connectivity index (χ3v) is 13.5. The predicted octanol–water partition coefficient (Wildman–Crippen LogP) is 18.1. The van der Waals surface area contributed by atoms with E-state index in [2.05, 4.69) is 50.3 Å². The van der Waals surface area contributed by atoms with Crippen LogP contribution < -0.4 is 5.73 Å². The van der Waals surface area contributed by atoms with E-state index in [9.17, 15) is 14.3 Å². The number of carbonyl (C=O) groups excluding carboxylic acids is 1. The lowest BCUT2D eigenvalue weighted by Crippen LogP contribution is -2.28. The molecule has 0 fully saturated rings. The van der Waals surface area contributed by atoms with Crippen LogP contribution >= 0.6 is 7.82 Å². The number of allylic oxidation sites excluding steroid dienone is 6. The van der Waals surface area contributed by atoms with Crippen molar-refractivity contribution in [3.05, 3.63) is 36.5 Å². The fourth-order valence-corrected chi connectivity index (χ4v) is 9.13. The van der Waals surface area contributed by atoms with E-state index < -0.39 is 13.9 Å². The Morgan fingerprint density at radius 1 is 0.455 bits per heavy atom. The molecule has 8 nitrogen and oxygen atoms in total. The topological polar surface area (TPSA) is 117 Å². The normalized spacial score (nSPS) is 13.5. The number of carbonyl (C=O) groups is 1. The largest absolute Gasteiger partial charge is 0.472 e. The summed E-state index contributed by atoms with van der Waals surface area (Å²) >= 11 is 0. The number of phosphoric acid groups is 1. The number of phosphoric ester groups is 1. The molecule has 0 saturated heterocycles. The van der Waals surface area contributed by atoms with Crippen LogP contribution in [-0.4, -0.2) is 49.9 Å². The maximum Gasteiger partial charge on any atom is 0.472 e. The van der Waals surface area contributed by atoms with E-state index in [1.165, 1.54) is 212 Å². The fourth-order valence-electron chi connectivity index (χ4n) is 8.36. The number of unbranched alkanes of at least 4 members (excludes halogenated alkanes) is 36. The number of hydrogen-bond acceptors (Lipinski definition) is 7. The molecular weight excluding hydrogens is 842 g/mol. The molecule has 0 aromatic rings. The van der Waals surface area contributed by atoms with E-state index in [1.54, 1.807) is 0 Å². The minimum absolute atomic E-state index is 0.0962. The van der Waals surface area contributed by atoms with Gasteiger partial charge in [0.05, 0.1) is 19.8 Å². The molecule has 0 heterocycles. The minimum atomic E-state index is -4.29. The molecule has 0 aromatic carbocycles. The summed E-state index contributed by atoms with van der Waals surface area (Å²) in [7, 11) is -4.29. The summed E-state index contributed by atoms with van der Waals surface area (Å²) in [6, 6.07) is 0. The summed E-state index contributed by atoms with van der Waals surface area (Å²) < 4.78 is 33.7. The van der Waals surface area contributed by atoms with Crippen LogP contribution in [0.5, 0.6) is 0 Å². The molecule has 3 N–H and O–H groups in total. The summed E-state index contributed by atoms with van der Waals surface area (Å²) in [6.45, 7) is 4.95. The van der Waals surface area contributed by atoms with E-state index in [0.717, 1.165) is 51.4 Å². The molecule has 0 aliphatic carbocycles. The van der Waals surface area contributed by atoms with Gasteiger partial charge in [0.2, 0.25) is 0 Å². The van der Waals surface area contributed by atoms with Crippen molar-refractivity contribution in [3.8, 4) is 0 Å². The lowest BCUT2D eigenvalue weighted by Gasteiger charge is -2.20. The van der Waals surface area contributed by atoms with E-state index in [-0.39, 0.29) is 32.3 Å². The van der Waals surface area contributed by atoms with Crippen LogP contribution in [0.2, 0.25) is 0 Å². The van der Waals surface area contributed by atoms with Gasteiger partial charge in [-0.2, -0.15) is 0 Å². The van der Waals surface area contributed by atoms with Crippen molar-refractivity contribution in [3.63, 3.8) is 0 Å². The molecule has 2 atom stereocenters. The van der Waals surface area contributed by atoms with Gasteiger partial charge < -0.3 is 20.1 Å². The maximum atomic E-state index is 12.7. The van der Waals surface area contributed by atoms with Crippen molar-refractivity contribution in [2.24, 2.45) is 5.73 Å². The molecule has 0 rings (SSSR count).